The third-order valence-electron chi connectivity index (χ3n) is 6.54. The number of nitrogens with one attached hydrogen (secondary N) is 1. The first kappa shape index (κ1) is 33.0. The number of hydrogen-bond donors (Lipinski definition) is 3. The molecule has 0 aliphatic heterocycles. The summed E-state index contributed by atoms with van der Waals surface area (Å²) < 4.78 is 47.7. The first-order chi connectivity index (χ1) is 21.9. The average molecular weight is 673 g/mol. The van der Waals surface area contributed by atoms with Crippen molar-refractivity contribution in [1.82, 2.24) is 24.9 Å². The molecule has 3 heterocycles. The molecule has 3 aromatic heterocycles. The number of thiazole rings is 1. The molecular weight excluding hydrogens is 642 g/mol. The molecular formula is C29H30FN6O8PS. The number of halogens is 1. The molecule has 14 nitrogen and oxygen atoms in total. The number of hydrogen-bond acceptors (Lipinski definition) is 12. The van der Waals surface area contributed by atoms with E-state index >= 15 is 4.39 Å². The van der Waals surface area contributed by atoms with Crippen molar-refractivity contribution < 1.29 is 42.3 Å². The number of amides is 1. The Morgan fingerprint density at radius 1 is 1.04 bits per heavy atom. The summed E-state index contributed by atoms with van der Waals surface area (Å²) in [5.41, 5.74) is 3.73. The topological polar surface area (TPSA) is 188 Å². The van der Waals surface area contributed by atoms with Gasteiger partial charge in [-0.05, 0) is 45.4 Å². The maximum Gasteiger partial charge on any atom is 0.469 e. The van der Waals surface area contributed by atoms with Gasteiger partial charge in [0.1, 0.15) is 23.0 Å². The van der Waals surface area contributed by atoms with Gasteiger partial charge in [0.25, 0.3) is 0 Å². The zero-order valence-electron chi connectivity index (χ0n) is 25.1. The van der Waals surface area contributed by atoms with Crippen LogP contribution in [0.2, 0.25) is 0 Å². The Kier molecular flexibility index (Phi) is 10.0. The van der Waals surface area contributed by atoms with Gasteiger partial charge >= 0.3 is 13.9 Å². The Hall–Kier alpha value is -4.34. The van der Waals surface area contributed by atoms with Crippen LogP contribution in [0.15, 0.2) is 42.9 Å². The monoisotopic (exact) mass is 672 g/mol. The Labute approximate surface area is 266 Å². The minimum atomic E-state index is -4.58. The molecule has 0 unspecified atom stereocenters. The summed E-state index contributed by atoms with van der Waals surface area (Å²) in [6, 6.07) is 6.74. The van der Waals surface area contributed by atoms with Gasteiger partial charge in [0.05, 0.1) is 58.7 Å². The van der Waals surface area contributed by atoms with E-state index in [1.807, 2.05) is 26.0 Å². The second-order valence-corrected chi connectivity index (χ2v) is 12.4. The van der Waals surface area contributed by atoms with E-state index in [9.17, 15) is 9.36 Å². The Morgan fingerprint density at radius 2 is 1.80 bits per heavy atom. The third kappa shape index (κ3) is 8.27. The van der Waals surface area contributed by atoms with Gasteiger partial charge in [-0.15, -0.1) is 11.3 Å². The van der Waals surface area contributed by atoms with Crippen molar-refractivity contribution in [1.29, 1.82) is 0 Å². The summed E-state index contributed by atoms with van der Waals surface area (Å²) in [5.74, 6) is 0.0466. The van der Waals surface area contributed by atoms with Crippen LogP contribution in [-0.4, -0.2) is 66.2 Å². The van der Waals surface area contributed by atoms with Crippen LogP contribution in [0, 0.1) is 12.7 Å². The van der Waals surface area contributed by atoms with Crippen molar-refractivity contribution in [2.75, 3.05) is 18.5 Å². The second kappa shape index (κ2) is 14.0. The van der Waals surface area contributed by atoms with Gasteiger partial charge < -0.3 is 24.0 Å². The Morgan fingerprint density at radius 3 is 2.52 bits per heavy atom. The Bertz CT molecular complexity index is 1920. The molecule has 0 fully saturated rings. The maximum atomic E-state index is 15.1. The highest BCUT2D eigenvalue weighted by Gasteiger charge is 2.22. The summed E-state index contributed by atoms with van der Waals surface area (Å²) in [4.78, 5) is 51.7. The number of rotatable bonds is 12. The number of aromatic nitrogens is 5. The van der Waals surface area contributed by atoms with E-state index in [0.717, 1.165) is 11.1 Å². The first-order valence-electron chi connectivity index (χ1n) is 14.0. The van der Waals surface area contributed by atoms with Gasteiger partial charge in [-0.1, -0.05) is 0 Å². The van der Waals surface area contributed by atoms with Crippen LogP contribution < -0.4 is 14.8 Å². The van der Waals surface area contributed by atoms with E-state index in [1.54, 1.807) is 26.1 Å². The summed E-state index contributed by atoms with van der Waals surface area (Å²) in [7, 11) is -4.58. The van der Waals surface area contributed by atoms with Gasteiger partial charge in [-0.2, -0.15) is 0 Å². The molecule has 5 aromatic rings. The molecule has 0 radical (unpaired) electrons. The van der Waals surface area contributed by atoms with Crippen LogP contribution in [-0.2, 0) is 20.2 Å². The molecule has 2 aromatic carbocycles. The molecule has 1 amide bonds. The van der Waals surface area contributed by atoms with E-state index in [0.29, 0.717) is 38.7 Å². The number of aryl methyl sites for hydroxylation is 1. The zero-order valence-corrected chi connectivity index (χ0v) is 26.8. The maximum absolute atomic E-state index is 15.1. The van der Waals surface area contributed by atoms with Crippen LogP contribution in [0.25, 0.3) is 31.8 Å². The molecule has 0 saturated carbocycles. The van der Waals surface area contributed by atoms with Crippen LogP contribution >= 0.6 is 19.2 Å². The summed E-state index contributed by atoms with van der Waals surface area (Å²) >= 11 is 1.36. The van der Waals surface area contributed by atoms with Gasteiger partial charge in [-0.25, -0.2) is 38.7 Å². The summed E-state index contributed by atoms with van der Waals surface area (Å²) in [6.45, 7) is 7.26. The van der Waals surface area contributed by atoms with Gasteiger partial charge in [0.15, 0.2) is 11.6 Å². The van der Waals surface area contributed by atoms with Gasteiger partial charge in [0, 0.05) is 24.1 Å². The zero-order chi connectivity index (χ0) is 33.0. The van der Waals surface area contributed by atoms with E-state index < -0.39 is 31.9 Å². The number of phosphoric ester groups is 1. The fourth-order valence-electron chi connectivity index (χ4n) is 4.28. The lowest BCUT2D eigenvalue weighted by Gasteiger charge is -2.22. The SMILES string of the molecule is CCOc1cnc2c(-c3nc4cc(F)c(O[C@@H](C)[C@@H](C)OC(=O)Nc5cnc(CCOP(=O)(O)O)nc5)cc4s3)cc(C)cc2n1. The fraction of sp³-hybridized carbons (Fsp3) is 0.310. The van der Waals surface area contributed by atoms with Crippen LogP contribution in [0.3, 0.4) is 0 Å². The van der Waals surface area contributed by atoms with E-state index in [1.165, 1.54) is 29.8 Å². The minimum absolute atomic E-state index is 0.0203. The van der Waals surface area contributed by atoms with Gasteiger partial charge in [0.2, 0.25) is 5.88 Å². The molecule has 0 bridgehead atoms. The number of anilines is 1. The fourth-order valence-corrected chi connectivity index (χ4v) is 5.60. The highest BCUT2D eigenvalue weighted by Crippen LogP contribution is 2.37. The molecule has 46 heavy (non-hydrogen) atoms. The number of fused-ring (bicyclic) bond motifs is 2. The predicted octanol–water partition coefficient (Wildman–Crippen LogP) is 5.60. The quantitative estimate of drug-likeness (QED) is 0.139. The average Bonchev–Trinajstić information content (AvgIpc) is 3.39. The van der Waals surface area contributed by atoms with Crippen LogP contribution in [0.4, 0.5) is 14.9 Å². The molecule has 17 heteroatoms. The summed E-state index contributed by atoms with van der Waals surface area (Å²) in [5, 5.41) is 3.13. The number of benzene rings is 2. The molecule has 0 spiro atoms. The number of nitrogens with zero attached hydrogens (tertiary/aromatic N) is 5. The highest BCUT2D eigenvalue weighted by atomic mass is 32.1. The van der Waals surface area contributed by atoms with E-state index in [2.05, 4.69) is 34.8 Å². The van der Waals surface area contributed by atoms with E-state index in [4.69, 9.17) is 24.0 Å². The highest BCUT2D eigenvalue weighted by molar-refractivity contribution is 7.46. The molecule has 5 rings (SSSR count). The Balaban J connectivity index is 1.23. The standard InChI is InChI=1S/C29H30FN6O8PS/c1-5-41-26-14-33-27-19(8-15(2)9-22(27)35-26)28-36-21-10-20(30)23(11-24(21)46-28)43-16(3)17(4)44-29(37)34-18-12-31-25(32-13-18)6-7-42-45(38,39)40/h8-14,16-17H,5-7H2,1-4H3,(H,34,37)(H2,38,39,40)/t16-,17+/m0/s1. The lowest BCUT2D eigenvalue weighted by atomic mass is 10.1. The largest absolute Gasteiger partial charge is 0.484 e. The normalized spacial score (nSPS) is 13.0. The number of carbonyl (C=O) groups is 1. The lowest BCUT2D eigenvalue weighted by Crippen LogP contribution is -2.32. The van der Waals surface area contributed by atoms with Crippen molar-refractivity contribution >= 4 is 52.2 Å². The minimum Gasteiger partial charge on any atom is -0.484 e. The van der Waals surface area contributed by atoms with Crippen molar-refractivity contribution in [2.24, 2.45) is 0 Å². The van der Waals surface area contributed by atoms with Crippen molar-refractivity contribution in [3.63, 3.8) is 0 Å². The first-order valence-corrected chi connectivity index (χ1v) is 16.4. The summed E-state index contributed by atoms with van der Waals surface area (Å²) in [6.07, 6.45) is 1.92. The van der Waals surface area contributed by atoms with Crippen molar-refractivity contribution in [2.45, 2.75) is 46.3 Å². The van der Waals surface area contributed by atoms with E-state index in [-0.39, 0.29) is 30.3 Å². The molecule has 0 aliphatic carbocycles. The number of ether oxygens (including phenoxy) is 3. The molecule has 2 atom stereocenters. The molecule has 0 aliphatic rings. The number of phosphoric acid groups is 1. The third-order valence-corrected chi connectivity index (χ3v) is 8.11. The van der Waals surface area contributed by atoms with Crippen molar-refractivity contribution in [3.8, 4) is 22.2 Å². The lowest BCUT2D eigenvalue weighted by molar-refractivity contribution is 0.0402. The van der Waals surface area contributed by atoms with Crippen molar-refractivity contribution in [3.05, 3.63) is 60.1 Å². The van der Waals surface area contributed by atoms with Crippen LogP contribution in [0.1, 0.15) is 32.2 Å². The molecule has 3 N–H and O–H groups in total. The second-order valence-electron chi connectivity index (χ2n) is 10.1. The smallest absolute Gasteiger partial charge is 0.469 e. The predicted molar refractivity (Wildman–Crippen MR) is 167 cm³/mol. The molecule has 0 saturated heterocycles. The van der Waals surface area contributed by atoms with Crippen LogP contribution in [0.5, 0.6) is 11.6 Å². The molecule has 242 valence electrons. The number of carbonyl (C=O) groups excluding carboxylic acids is 1. The van der Waals surface area contributed by atoms with Gasteiger partial charge in [-0.3, -0.25) is 9.84 Å².